The number of nitrogens with one attached hydrogen (secondary N) is 1. The second-order valence-electron chi connectivity index (χ2n) is 19.7. The van der Waals surface area contributed by atoms with Gasteiger partial charge in [0.25, 0.3) is 0 Å². The van der Waals surface area contributed by atoms with Crippen molar-refractivity contribution in [2.45, 2.75) is 328 Å². The Hall–Kier alpha value is -1.14. The van der Waals surface area contributed by atoms with Gasteiger partial charge in [0.1, 0.15) is 0 Å². The number of unbranched alkanes of at least 4 members (excludes halogenated alkanes) is 43. The summed E-state index contributed by atoms with van der Waals surface area (Å²) in [6, 6.07) is 0.499. The zero-order valence-electron chi connectivity index (χ0n) is 42.1. The smallest absolute Gasteiger partial charge is 0.305 e. The lowest BCUT2D eigenvalue weighted by atomic mass is 10.0. The largest absolute Gasteiger partial charge is 0.481 e. The van der Waals surface area contributed by atoms with Gasteiger partial charge in [0.15, 0.2) is 0 Å². The van der Waals surface area contributed by atoms with E-state index in [4.69, 9.17) is 15.6 Å². The van der Waals surface area contributed by atoms with Crippen LogP contribution in [0.4, 0.5) is 0 Å². The first-order chi connectivity index (χ1) is 30.6. The third-order valence-electron chi connectivity index (χ3n) is 13.5. The predicted octanol–water partition coefficient (Wildman–Crippen LogP) is 17.7. The number of rotatable bonds is 55. The Bertz CT molecular complexity index is 869. The molecule has 0 fully saturated rings. The lowest BCUT2D eigenvalue weighted by Crippen LogP contribution is -2.36. The highest BCUT2D eigenvalue weighted by Gasteiger charge is 2.06. The van der Waals surface area contributed by atoms with Crippen LogP contribution in [0.2, 0.25) is 0 Å². The molecule has 370 valence electrons. The molecule has 6 nitrogen and oxygen atoms in total. The van der Waals surface area contributed by atoms with Crippen molar-refractivity contribution in [3.8, 4) is 0 Å². The van der Waals surface area contributed by atoms with Gasteiger partial charge in [0, 0.05) is 25.4 Å². The van der Waals surface area contributed by atoms with Gasteiger partial charge in [-0.25, -0.2) is 0 Å². The number of ether oxygens (including phenoxy) is 1. The van der Waals surface area contributed by atoms with Crippen LogP contribution in [0.15, 0.2) is 0 Å². The first kappa shape index (κ1) is 60.9. The van der Waals surface area contributed by atoms with Crippen molar-refractivity contribution >= 4 is 11.9 Å². The van der Waals surface area contributed by atoms with Crippen LogP contribution in [0.5, 0.6) is 0 Å². The van der Waals surface area contributed by atoms with Crippen molar-refractivity contribution in [2.75, 3.05) is 19.7 Å². The highest BCUT2D eigenvalue weighted by atomic mass is 16.5. The monoisotopic (exact) mass is 877 g/mol. The number of hydrogen-bond acceptors (Lipinski definition) is 5. The van der Waals surface area contributed by atoms with Crippen LogP contribution in [0.1, 0.15) is 322 Å². The third-order valence-corrected chi connectivity index (χ3v) is 13.5. The zero-order chi connectivity index (χ0) is 44.9. The molecule has 1 unspecified atom stereocenters. The molecule has 0 heterocycles. The van der Waals surface area contributed by atoms with Crippen molar-refractivity contribution in [2.24, 2.45) is 5.73 Å². The molecule has 0 spiro atoms. The summed E-state index contributed by atoms with van der Waals surface area (Å²) >= 11 is 0. The minimum absolute atomic E-state index is 0.0213. The summed E-state index contributed by atoms with van der Waals surface area (Å²) < 4.78 is 5.49. The SMILES string of the molecule is CCCCCCCCCCCCCCCCCCOC(=O)CCCCCCCCCCCCCCCCCNC(CN)CCCCCCCCCCCCCCCCCC(=O)O. The van der Waals surface area contributed by atoms with Gasteiger partial charge >= 0.3 is 11.9 Å². The van der Waals surface area contributed by atoms with Crippen LogP contribution in [0.25, 0.3) is 0 Å². The van der Waals surface area contributed by atoms with Crippen LogP contribution in [0.3, 0.4) is 0 Å². The summed E-state index contributed by atoms with van der Waals surface area (Å²) in [4.78, 5) is 22.6. The van der Waals surface area contributed by atoms with Crippen LogP contribution in [-0.4, -0.2) is 42.8 Å². The summed E-state index contributed by atoms with van der Waals surface area (Å²) in [5, 5.41) is 12.4. The molecule has 0 aliphatic carbocycles. The van der Waals surface area contributed by atoms with Crippen LogP contribution in [-0.2, 0) is 14.3 Å². The van der Waals surface area contributed by atoms with E-state index in [1.807, 2.05) is 0 Å². The number of carbonyl (C=O) groups excluding carboxylic acids is 1. The molecule has 4 N–H and O–H groups in total. The molecule has 0 amide bonds. The van der Waals surface area contributed by atoms with E-state index >= 15 is 0 Å². The van der Waals surface area contributed by atoms with Crippen molar-refractivity contribution in [3.63, 3.8) is 0 Å². The highest BCUT2D eigenvalue weighted by molar-refractivity contribution is 5.69. The van der Waals surface area contributed by atoms with Crippen LogP contribution >= 0.6 is 0 Å². The van der Waals surface area contributed by atoms with Gasteiger partial charge in [-0.2, -0.15) is 0 Å². The summed E-state index contributed by atoms with van der Waals surface area (Å²) in [6.07, 6.45) is 63.4. The molecule has 0 rings (SSSR count). The number of carbonyl (C=O) groups is 2. The second-order valence-corrected chi connectivity index (χ2v) is 19.7. The number of aliphatic carboxylic acids is 1. The molecule has 0 aromatic heterocycles. The molecule has 0 aromatic rings. The summed E-state index contributed by atoms with van der Waals surface area (Å²) in [5.41, 5.74) is 6.08. The number of nitrogens with two attached hydrogens (primary N) is 1. The maximum absolute atomic E-state index is 12.1. The lowest BCUT2D eigenvalue weighted by Gasteiger charge is -2.16. The fraction of sp³-hybridized carbons (Fsp3) is 0.964. The van der Waals surface area contributed by atoms with E-state index in [0.29, 0.717) is 25.5 Å². The molecular weight excluding hydrogens is 765 g/mol. The molecular formula is C56H112N2O4. The fourth-order valence-corrected chi connectivity index (χ4v) is 9.18. The minimum atomic E-state index is -0.657. The molecule has 0 saturated carbocycles. The van der Waals surface area contributed by atoms with Crippen molar-refractivity contribution in [1.29, 1.82) is 0 Å². The van der Waals surface area contributed by atoms with Crippen molar-refractivity contribution in [1.82, 2.24) is 5.32 Å². The fourth-order valence-electron chi connectivity index (χ4n) is 9.18. The first-order valence-corrected chi connectivity index (χ1v) is 28.4. The highest BCUT2D eigenvalue weighted by Crippen LogP contribution is 2.17. The van der Waals surface area contributed by atoms with Gasteiger partial charge in [-0.05, 0) is 38.6 Å². The molecule has 0 aliphatic heterocycles. The van der Waals surface area contributed by atoms with Gasteiger partial charge in [-0.3, -0.25) is 9.59 Å². The lowest BCUT2D eigenvalue weighted by molar-refractivity contribution is -0.144. The van der Waals surface area contributed by atoms with E-state index in [9.17, 15) is 9.59 Å². The molecule has 0 aromatic carbocycles. The molecule has 1 atom stereocenters. The molecule has 0 bridgehead atoms. The van der Waals surface area contributed by atoms with Gasteiger partial charge < -0.3 is 20.9 Å². The van der Waals surface area contributed by atoms with E-state index in [2.05, 4.69) is 12.2 Å². The Balaban J connectivity index is 3.27. The van der Waals surface area contributed by atoms with Gasteiger partial charge in [-0.15, -0.1) is 0 Å². The standard InChI is InChI=1S/C56H112N2O4/c1-2-3-4-5-6-7-8-9-10-17-22-27-32-37-42-47-52-62-56(61)50-45-40-35-30-25-20-15-12-16-21-26-31-36-41-46-51-58-54(53-57)48-43-38-33-28-23-18-13-11-14-19-24-29-34-39-44-49-55(59)60/h54,58H,2-53,57H2,1H3,(H,59,60). The third kappa shape index (κ3) is 53.2. The Morgan fingerprint density at radius 3 is 1.03 bits per heavy atom. The Kier molecular flexibility index (Phi) is 53.2. The van der Waals surface area contributed by atoms with Crippen molar-refractivity contribution in [3.05, 3.63) is 0 Å². The molecule has 6 heteroatoms. The van der Waals surface area contributed by atoms with Crippen molar-refractivity contribution < 1.29 is 19.4 Å². The topological polar surface area (TPSA) is 102 Å². The average molecular weight is 878 g/mol. The number of carboxylic acid groups (broad SMARTS) is 1. The number of hydrogen-bond donors (Lipinski definition) is 3. The Labute approximate surface area is 388 Å². The maximum atomic E-state index is 12.1. The normalized spacial score (nSPS) is 12.0. The second kappa shape index (κ2) is 54.2. The molecule has 62 heavy (non-hydrogen) atoms. The van der Waals surface area contributed by atoms with Crippen LogP contribution < -0.4 is 11.1 Å². The van der Waals surface area contributed by atoms with Gasteiger partial charge in [0.05, 0.1) is 6.61 Å². The predicted molar refractivity (Wildman–Crippen MR) is 271 cm³/mol. The summed E-state index contributed by atoms with van der Waals surface area (Å²) in [7, 11) is 0. The Morgan fingerprint density at radius 2 is 0.694 bits per heavy atom. The number of esters is 1. The van der Waals surface area contributed by atoms with E-state index in [-0.39, 0.29) is 5.97 Å². The summed E-state index contributed by atoms with van der Waals surface area (Å²) in [6.45, 7) is 4.81. The first-order valence-electron chi connectivity index (χ1n) is 28.4. The quantitative estimate of drug-likeness (QED) is 0.0416. The minimum Gasteiger partial charge on any atom is -0.481 e. The van der Waals surface area contributed by atoms with Gasteiger partial charge in [0.2, 0.25) is 0 Å². The number of carboxylic acids is 1. The van der Waals surface area contributed by atoms with Gasteiger partial charge in [-0.1, -0.05) is 277 Å². The molecule has 0 aliphatic rings. The van der Waals surface area contributed by atoms with E-state index in [1.54, 1.807) is 0 Å². The molecule has 0 radical (unpaired) electrons. The summed E-state index contributed by atoms with van der Waals surface area (Å²) in [5.74, 6) is -0.636. The van der Waals surface area contributed by atoms with Crippen LogP contribution in [0, 0.1) is 0 Å². The maximum Gasteiger partial charge on any atom is 0.305 e. The van der Waals surface area contributed by atoms with E-state index in [1.165, 1.54) is 276 Å². The van der Waals surface area contributed by atoms with E-state index < -0.39 is 5.97 Å². The van der Waals surface area contributed by atoms with E-state index in [0.717, 1.165) is 38.8 Å². The average Bonchev–Trinajstić information content (AvgIpc) is 3.27. The zero-order valence-corrected chi connectivity index (χ0v) is 42.1. The molecule has 0 saturated heterocycles. The Morgan fingerprint density at radius 1 is 0.403 bits per heavy atom.